The lowest BCUT2D eigenvalue weighted by molar-refractivity contribution is 0.146. The summed E-state index contributed by atoms with van der Waals surface area (Å²) in [7, 11) is 0. The van der Waals surface area contributed by atoms with Crippen molar-refractivity contribution < 1.29 is 9.53 Å². The number of halogens is 2. The van der Waals surface area contributed by atoms with Crippen LogP contribution < -0.4 is 5.32 Å². The van der Waals surface area contributed by atoms with Crippen LogP contribution in [0, 0.1) is 9.85 Å². The molecule has 0 rings (SSSR count). The van der Waals surface area contributed by atoms with Crippen LogP contribution in [0.3, 0.4) is 0 Å². The molecular formula is C8H11ClINO2. The predicted octanol–water partition coefficient (Wildman–Crippen LogP) is 2.13. The number of carbonyl (C=O) groups excluding carboxylic acids is 1. The van der Waals surface area contributed by atoms with Gasteiger partial charge in [-0.25, -0.2) is 4.79 Å². The molecule has 0 aliphatic carbocycles. The summed E-state index contributed by atoms with van der Waals surface area (Å²) in [6.45, 7) is 0.744. The van der Waals surface area contributed by atoms with Gasteiger partial charge in [-0.1, -0.05) is 5.92 Å². The van der Waals surface area contributed by atoms with E-state index < -0.39 is 6.09 Å². The molecule has 74 valence electrons. The lowest BCUT2D eigenvalue weighted by Gasteiger charge is -2.03. The van der Waals surface area contributed by atoms with Crippen molar-refractivity contribution in [2.24, 2.45) is 0 Å². The molecule has 0 atom stereocenters. The quantitative estimate of drug-likeness (QED) is 0.365. The number of rotatable bonds is 5. The normalized spacial score (nSPS) is 8.46. The van der Waals surface area contributed by atoms with Crippen LogP contribution in [0.2, 0.25) is 0 Å². The highest BCUT2D eigenvalue weighted by Crippen LogP contribution is 1.92. The van der Waals surface area contributed by atoms with E-state index in [2.05, 4.69) is 15.2 Å². The number of ether oxygens (including phenoxy) is 1. The SMILES string of the molecule is O=C(NCC#CI)OCCCCCl. The van der Waals surface area contributed by atoms with Crippen LogP contribution in [-0.4, -0.2) is 25.1 Å². The van der Waals surface area contributed by atoms with E-state index in [-0.39, 0.29) is 0 Å². The Hall–Kier alpha value is -0.150. The van der Waals surface area contributed by atoms with Gasteiger partial charge in [-0.15, -0.1) is 11.6 Å². The van der Waals surface area contributed by atoms with Crippen molar-refractivity contribution in [3.05, 3.63) is 0 Å². The summed E-state index contributed by atoms with van der Waals surface area (Å²) in [6.07, 6.45) is 1.24. The van der Waals surface area contributed by atoms with Gasteiger partial charge in [-0.05, 0) is 16.8 Å². The minimum Gasteiger partial charge on any atom is -0.450 e. The Kier molecular flexibility index (Phi) is 9.82. The molecule has 0 radical (unpaired) electrons. The zero-order valence-electron chi connectivity index (χ0n) is 7.11. The number of hydrogen-bond donors (Lipinski definition) is 1. The van der Waals surface area contributed by atoms with Crippen LogP contribution in [0.1, 0.15) is 12.8 Å². The van der Waals surface area contributed by atoms with E-state index >= 15 is 0 Å². The second-order valence-electron chi connectivity index (χ2n) is 2.16. The molecule has 1 amide bonds. The topological polar surface area (TPSA) is 38.3 Å². The van der Waals surface area contributed by atoms with Gasteiger partial charge in [0.05, 0.1) is 13.2 Å². The van der Waals surface area contributed by atoms with E-state index in [4.69, 9.17) is 16.3 Å². The second-order valence-corrected chi connectivity index (χ2v) is 3.07. The highest BCUT2D eigenvalue weighted by Gasteiger charge is 1.97. The Labute approximate surface area is 96.7 Å². The third kappa shape index (κ3) is 9.77. The Morgan fingerprint density at radius 2 is 2.31 bits per heavy atom. The molecule has 3 nitrogen and oxygen atoms in total. The molecule has 0 spiro atoms. The van der Waals surface area contributed by atoms with Crippen molar-refractivity contribution >= 4 is 40.3 Å². The third-order valence-corrected chi connectivity index (χ3v) is 1.80. The fourth-order valence-electron chi connectivity index (χ4n) is 0.562. The Bertz CT molecular complexity index is 200. The van der Waals surface area contributed by atoms with Gasteiger partial charge < -0.3 is 10.1 Å². The summed E-state index contributed by atoms with van der Waals surface area (Å²) in [4.78, 5) is 10.8. The fraction of sp³-hybridized carbons (Fsp3) is 0.625. The number of carbonyl (C=O) groups is 1. The maximum atomic E-state index is 10.8. The van der Waals surface area contributed by atoms with E-state index in [0.29, 0.717) is 19.0 Å². The maximum absolute atomic E-state index is 10.8. The van der Waals surface area contributed by atoms with Crippen LogP contribution in [0.5, 0.6) is 0 Å². The first-order valence-corrected chi connectivity index (χ1v) is 5.47. The molecule has 0 saturated carbocycles. The van der Waals surface area contributed by atoms with Crippen LogP contribution >= 0.6 is 34.2 Å². The third-order valence-electron chi connectivity index (χ3n) is 1.15. The molecule has 0 saturated heterocycles. The van der Waals surface area contributed by atoms with Gasteiger partial charge in [0.1, 0.15) is 0 Å². The summed E-state index contributed by atoms with van der Waals surface area (Å²) in [5.74, 6) is 3.29. The van der Waals surface area contributed by atoms with Crippen molar-refractivity contribution in [3.8, 4) is 9.85 Å². The van der Waals surface area contributed by atoms with E-state index in [1.807, 2.05) is 22.6 Å². The first-order chi connectivity index (χ1) is 6.31. The molecule has 5 heteroatoms. The molecule has 1 N–H and O–H groups in total. The molecule has 0 aromatic carbocycles. The minimum absolute atomic E-state index is 0.331. The summed E-state index contributed by atoms with van der Waals surface area (Å²) < 4.78 is 7.44. The van der Waals surface area contributed by atoms with E-state index in [1.54, 1.807) is 0 Å². The molecule has 0 aromatic heterocycles. The van der Waals surface area contributed by atoms with Crippen molar-refractivity contribution in [2.45, 2.75) is 12.8 Å². The first kappa shape index (κ1) is 12.8. The van der Waals surface area contributed by atoms with Crippen molar-refractivity contribution in [1.82, 2.24) is 5.32 Å². The number of alkyl halides is 1. The lowest BCUT2D eigenvalue weighted by Crippen LogP contribution is -2.24. The standard InChI is InChI=1S/C8H11ClINO2/c9-4-1-2-7-13-8(12)11-6-3-5-10/h1-2,4,6-7H2,(H,11,12). The zero-order chi connectivity index (χ0) is 9.94. The molecule has 13 heavy (non-hydrogen) atoms. The van der Waals surface area contributed by atoms with Gasteiger partial charge in [0.25, 0.3) is 0 Å². The van der Waals surface area contributed by atoms with Crippen LogP contribution in [0.4, 0.5) is 4.79 Å². The second kappa shape index (κ2) is 9.93. The molecular weight excluding hydrogens is 304 g/mol. The highest BCUT2D eigenvalue weighted by molar-refractivity contribution is 14.1. The monoisotopic (exact) mass is 315 g/mol. The number of nitrogens with one attached hydrogen (secondary N) is 1. The van der Waals surface area contributed by atoms with Crippen LogP contribution in [-0.2, 0) is 4.74 Å². The Balaban J connectivity index is 3.23. The van der Waals surface area contributed by atoms with E-state index in [9.17, 15) is 4.79 Å². The van der Waals surface area contributed by atoms with E-state index in [1.165, 1.54) is 0 Å². The number of amides is 1. The van der Waals surface area contributed by atoms with Crippen molar-refractivity contribution in [1.29, 1.82) is 0 Å². The largest absolute Gasteiger partial charge is 0.450 e. The lowest BCUT2D eigenvalue weighted by atomic mass is 10.4. The smallest absolute Gasteiger partial charge is 0.407 e. The highest BCUT2D eigenvalue weighted by atomic mass is 127. The van der Waals surface area contributed by atoms with Gasteiger partial charge in [0.15, 0.2) is 0 Å². The summed E-state index contributed by atoms with van der Waals surface area (Å²) in [6, 6.07) is 0. The molecule has 0 heterocycles. The Morgan fingerprint density at radius 3 is 2.92 bits per heavy atom. The molecule has 0 aliphatic heterocycles. The minimum atomic E-state index is -0.422. The molecule has 0 aliphatic rings. The average molecular weight is 316 g/mol. The number of unbranched alkanes of at least 4 members (excludes halogenated alkanes) is 1. The average Bonchev–Trinajstić information content (AvgIpc) is 2.13. The maximum Gasteiger partial charge on any atom is 0.407 e. The summed E-state index contributed by atoms with van der Waals surface area (Å²) in [5.41, 5.74) is 0. The van der Waals surface area contributed by atoms with Gasteiger partial charge >= 0.3 is 6.09 Å². The molecule has 0 aromatic rings. The summed E-state index contributed by atoms with van der Waals surface area (Å²) in [5, 5.41) is 2.49. The van der Waals surface area contributed by atoms with Gasteiger partial charge in [0.2, 0.25) is 0 Å². The fourth-order valence-corrected chi connectivity index (χ4v) is 0.942. The van der Waals surface area contributed by atoms with Crippen molar-refractivity contribution in [2.75, 3.05) is 19.0 Å². The van der Waals surface area contributed by atoms with Gasteiger partial charge in [0, 0.05) is 28.5 Å². The van der Waals surface area contributed by atoms with Crippen LogP contribution in [0.25, 0.3) is 0 Å². The number of hydrogen-bond acceptors (Lipinski definition) is 2. The zero-order valence-corrected chi connectivity index (χ0v) is 10.0. The van der Waals surface area contributed by atoms with Crippen molar-refractivity contribution in [3.63, 3.8) is 0 Å². The van der Waals surface area contributed by atoms with Gasteiger partial charge in [-0.3, -0.25) is 0 Å². The van der Waals surface area contributed by atoms with Crippen LogP contribution in [0.15, 0.2) is 0 Å². The number of alkyl carbamates (subject to hydrolysis) is 1. The first-order valence-electron chi connectivity index (χ1n) is 3.86. The molecule has 0 fully saturated rings. The predicted molar refractivity (Wildman–Crippen MR) is 61.1 cm³/mol. The van der Waals surface area contributed by atoms with E-state index in [0.717, 1.165) is 12.8 Å². The summed E-state index contributed by atoms with van der Waals surface area (Å²) >= 11 is 7.35. The van der Waals surface area contributed by atoms with Gasteiger partial charge in [-0.2, -0.15) is 0 Å². The molecule has 0 unspecified atom stereocenters. The Morgan fingerprint density at radius 1 is 1.54 bits per heavy atom. The molecule has 0 bridgehead atoms.